The van der Waals surface area contributed by atoms with Crippen LogP contribution >= 0.6 is 11.3 Å². The maximum Gasteiger partial charge on any atom is 0.256 e. The second kappa shape index (κ2) is 5.51. The van der Waals surface area contributed by atoms with Gasteiger partial charge in [-0.05, 0) is 30.5 Å². The van der Waals surface area contributed by atoms with Crippen LogP contribution in [0.3, 0.4) is 0 Å². The topological polar surface area (TPSA) is 36.1 Å². The van der Waals surface area contributed by atoms with Gasteiger partial charge in [-0.15, -0.1) is 11.3 Å². The molecule has 0 aliphatic heterocycles. The lowest BCUT2D eigenvalue weighted by Gasteiger charge is -2.20. The Hall–Kier alpha value is -2.07. The monoisotopic (exact) mass is 284 g/mol. The summed E-state index contributed by atoms with van der Waals surface area (Å²) in [7, 11) is 0. The van der Waals surface area contributed by atoms with Crippen molar-refractivity contribution in [2.45, 2.75) is 13.5 Å². The molecule has 0 saturated heterocycles. The molecule has 0 radical (unpaired) electrons. The van der Waals surface area contributed by atoms with Gasteiger partial charge in [0.1, 0.15) is 0 Å². The molecule has 2 aromatic heterocycles. The number of rotatable bonds is 4. The Morgan fingerprint density at radius 1 is 1.25 bits per heavy atom. The van der Waals surface area contributed by atoms with E-state index >= 15 is 0 Å². The van der Waals surface area contributed by atoms with Gasteiger partial charge in [0.2, 0.25) is 0 Å². The third kappa shape index (κ3) is 2.34. The summed E-state index contributed by atoms with van der Waals surface area (Å²) in [6.07, 6.45) is 1.87. The van der Waals surface area contributed by atoms with Crippen LogP contribution in [0.5, 0.6) is 0 Å². The Morgan fingerprint density at radius 2 is 2.15 bits per heavy atom. The average molecular weight is 284 g/mol. The van der Waals surface area contributed by atoms with Gasteiger partial charge in [0.05, 0.1) is 17.6 Å². The van der Waals surface area contributed by atoms with Crippen molar-refractivity contribution < 1.29 is 4.79 Å². The number of fused-ring (bicyclic) bond motifs is 1. The van der Waals surface area contributed by atoms with Gasteiger partial charge in [-0.25, -0.2) is 0 Å². The number of para-hydroxylation sites is 1. The van der Waals surface area contributed by atoms with Crippen LogP contribution in [0.15, 0.2) is 48.0 Å². The third-order valence-corrected chi connectivity index (χ3v) is 4.27. The van der Waals surface area contributed by atoms with Gasteiger partial charge in [0.15, 0.2) is 0 Å². The van der Waals surface area contributed by atoms with Crippen LogP contribution in [0, 0.1) is 0 Å². The summed E-state index contributed by atoms with van der Waals surface area (Å²) in [5, 5.41) is 3.11. The standard InChI is InChI=1S/C16H16N2OS/c1-2-18(11-13-6-4-10-20-13)16(19)14-7-3-5-12-8-9-17-15(12)14/h3-10,17H,2,11H2,1H3. The van der Waals surface area contributed by atoms with Crippen molar-refractivity contribution in [2.75, 3.05) is 6.54 Å². The van der Waals surface area contributed by atoms with E-state index in [1.165, 1.54) is 4.88 Å². The molecular weight excluding hydrogens is 268 g/mol. The minimum atomic E-state index is 0.0777. The van der Waals surface area contributed by atoms with Crippen molar-refractivity contribution in [2.24, 2.45) is 0 Å². The van der Waals surface area contributed by atoms with Gasteiger partial charge in [-0.3, -0.25) is 4.79 Å². The predicted molar refractivity (Wildman–Crippen MR) is 83.0 cm³/mol. The maximum atomic E-state index is 12.7. The Balaban J connectivity index is 1.92. The Labute approximate surface area is 121 Å². The molecule has 3 nitrogen and oxygen atoms in total. The fourth-order valence-corrected chi connectivity index (χ4v) is 3.07. The predicted octanol–water partition coefficient (Wildman–Crippen LogP) is 3.89. The van der Waals surface area contributed by atoms with E-state index in [2.05, 4.69) is 11.1 Å². The molecule has 0 fully saturated rings. The first kappa shape index (κ1) is 12.9. The molecule has 0 atom stereocenters. The number of aromatic amines is 1. The highest BCUT2D eigenvalue weighted by atomic mass is 32.1. The SMILES string of the molecule is CCN(Cc1cccs1)C(=O)c1cccc2cc[nH]c12. The van der Waals surface area contributed by atoms with Crippen LogP contribution in [0.4, 0.5) is 0 Å². The number of hydrogen-bond acceptors (Lipinski definition) is 2. The highest BCUT2D eigenvalue weighted by molar-refractivity contribution is 7.09. The van der Waals surface area contributed by atoms with Crippen molar-refractivity contribution in [3.8, 4) is 0 Å². The number of thiophene rings is 1. The molecule has 0 bridgehead atoms. The molecule has 0 spiro atoms. The molecule has 2 heterocycles. The molecule has 4 heteroatoms. The largest absolute Gasteiger partial charge is 0.361 e. The average Bonchev–Trinajstić information content (AvgIpc) is 3.14. The molecule has 3 rings (SSSR count). The van der Waals surface area contributed by atoms with Gasteiger partial charge in [0, 0.05) is 23.0 Å². The first-order valence-corrected chi connectivity index (χ1v) is 7.55. The third-order valence-electron chi connectivity index (χ3n) is 3.41. The summed E-state index contributed by atoms with van der Waals surface area (Å²) in [6.45, 7) is 3.39. The van der Waals surface area contributed by atoms with Crippen molar-refractivity contribution in [3.05, 3.63) is 58.4 Å². The van der Waals surface area contributed by atoms with Crippen LogP contribution in [0.25, 0.3) is 10.9 Å². The summed E-state index contributed by atoms with van der Waals surface area (Å²) < 4.78 is 0. The summed E-state index contributed by atoms with van der Waals surface area (Å²) in [6, 6.07) is 11.9. The Morgan fingerprint density at radius 3 is 2.90 bits per heavy atom. The lowest BCUT2D eigenvalue weighted by Crippen LogP contribution is -2.30. The zero-order valence-electron chi connectivity index (χ0n) is 11.3. The number of amides is 1. The van der Waals surface area contributed by atoms with Gasteiger partial charge >= 0.3 is 0 Å². The number of carbonyl (C=O) groups excluding carboxylic acids is 1. The van der Waals surface area contributed by atoms with Gasteiger partial charge in [-0.1, -0.05) is 18.2 Å². The van der Waals surface area contributed by atoms with Crippen molar-refractivity contribution in [1.29, 1.82) is 0 Å². The van der Waals surface area contributed by atoms with E-state index < -0.39 is 0 Å². The molecule has 1 aromatic carbocycles. The van der Waals surface area contributed by atoms with Crippen molar-refractivity contribution in [3.63, 3.8) is 0 Å². The normalized spacial score (nSPS) is 10.8. The zero-order valence-corrected chi connectivity index (χ0v) is 12.1. The molecule has 0 unspecified atom stereocenters. The molecule has 3 aromatic rings. The van der Waals surface area contributed by atoms with E-state index in [9.17, 15) is 4.79 Å². The van der Waals surface area contributed by atoms with E-state index in [0.29, 0.717) is 13.1 Å². The van der Waals surface area contributed by atoms with Crippen LogP contribution in [0.2, 0.25) is 0 Å². The van der Waals surface area contributed by atoms with Crippen LogP contribution in [0.1, 0.15) is 22.2 Å². The van der Waals surface area contributed by atoms with E-state index in [4.69, 9.17) is 0 Å². The van der Waals surface area contributed by atoms with E-state index in [1.807, 2.05) is 53.7 Å². The molecule has 0 saturated carbocycles. The maximum absolute atomic E-state index is 12.7. The molecule has 0 aliphatic carbocycles. The minimum absolute atomic E-state index is 0.0777. The van der Waals surface area contributed by atoms with Gasteiger partial charge in [0.25, 0.3) is 5.91 Å². The molecule has 102 valence electrons. The lowest BCUT2D eigenvalue weighted by atomic mass is 10.1. The number of nitrogens with zero attached hydrogens (tertiary/aromatic N) is 1. The first-order chi connectivity index (χ1) is 9.79. The molecule has 0 aliphatic rings. The summed E-state index contributed by atoms with van der Waals surface area (Å²) >= 11 is 1.68. The molecule has 20 heavy (non-hydrogen) atoms. The number of carbonyl (C=O) groups is 1. The highest BCUT2D eigenvalue weighted by Gasteiger charge is 2.17. The summed E-state index contributed by atoms with van der Waals surface area (Å²) in [4.78, 5) is 19.0. The lowest BCUT2D eigenvalue weighted by molar-refractivity contribution is 0.0756. The Bertz CT molecular complexity index is 715. The fourth-order valence-electron chi connectivity index (χ4n) is 2.35. The number of benzene rings is 1. The highest BCUT2D eigenvalue weighted by Crippen LogP contribution is 2.20. The second-order valence-corrected chi connectivity index (χ2v) is 5.68. The van der Waals surface area contributed by atoms with E-state index in [0.717, 1.165) is 16.5 Å². The van der Waals surface area contributed by atoms with Crippen LogP contribution < -0.4 is 0 Å². The molecule has 1 N–H and O–H groups in total. The summed E-state index contributed by atoms with van der Waals surface area (Å²) in [5.41, 5.74) is 1.66. The number of nitrogens with one attached hydrogen (secondary N) is 1. The molecular formula is C16H16N2OS. The quantitative estimate of drug-likeness (QED) is 0.775. The molecule has 1 amide bonds. The second-order valence-electron chi connectivity index (χ2n) is 4.65. The smallest absolute Gasteiger partial charge is 0.256 e. The van der Waals surface area contributed by atoms with Crippen molar-refractivity contribution >= 4 is 28.1 Å². The van der Waals surface area contributed by atoms with E-state index in [1.54, 1.807) is 11.3 Å². The number of hydrogen-bond donors (Lipinski definition) is 1. The van der Waals surface area contributed by atoms with E-state index in [-0.39, 0.29) is 5.91 Å². The zero-order chi connectivity index (χ0) is 13.9. The fraction of sp³-hybridized carbons (Fsp3) is 0.188. The van der Waals surface area contributed by atoms with Gasteiger partial charge < -0.3 is 9.88 Å². The number of aromatic nitrogens is 1. The number of H-pyrrole nitrogens is 1. The summed E-state index contributed by atoms with van der Waals surface area (Å²) in [5.74, 6) is 0.0777. The van der Waals surface area contributed by atoms with Crippen LogP contribution in [-0.2, 0) is 6.54 Å². The first-order valence-electron chi connectivity index (χ1n) is 6.67. The van der Waals surface area contributed by atoms with Crippen LogP contribution in [-0.4, -0.2) is 22.3 Å². The Kier molecular flexibility index (Phi) is 3.56. The minimum Gasteiger partial charge on any atom is -0.361 e. The van der Waals surface area contributed by atoms with Gasteiger partial charge in [-0.2, -0.15) is 0 Å². The van der Waals surface area contributed by atoms with Crippen molar-refractivity contribution in [1.82, 2.24) is 9.88 Å².